The van der Waals surface area contributed by atoms with E-state index in [-0.39, 0.29) is 37.0 Å². The number of rotatable bonds is 10. The molecule has 0 fully saturated rings. The molecule has 0 amide bonds. The van der Waals surface area contributed by atoms with Crippen molar-refractivity contribution in [2.24, 2.45) is 5.10 Å². The van der Waals surface area contributed by atoms with Gasteiger partial charge in [0.1, 0.15) is 12.4 Å². The zero-order valence-electron chi connectivity index (χ0n) is 17.9. The summed E-state index contributed by atoms with van der Waals surface area (Å²) in [5.74, 6) is 0.858. The summed E-state index contributed by atoms with van der Waals surface area (Å²) in [6, 6.07) is 11.7. The van der Waals surface area contributed by atoms with Gasteiger partial charge in [-0.25, -0.2) is 14.8 Å². The lowest BCUT2D eigenvalue weighted by atomic mass is 10.2. The predicted octanol–water partition coefficient (Wildman–Crippen LogP) is 3.18. The monoisotopic (exact) mass is 440 g/mol. The molecule has 9 heteroatoms. The number of benzene rings is 2. The van der Waals surface area contributed by atoms with Crippen molar-refractivity contribution in [1.82, 2.24) is 9.97 Å². The number of ether oxygens (including phenoxy) is 2. The first-order valence-electron chi connectivity index (χ1n) is 10.1. The summed E-state index contributed by atoms with van der Waals surface area (Å²) < 4.78 is 25.2. The molecule has 0 bridgehead atoms. The van der Waals surface area contributed by atoms with Gasteiger partial charge in [0.05, 0.1) is 18.5 Å². The Morgan fingerprint density at radius 3 is 2.75 bits per heavy atom. The van der Waals surface area contributed by atoms with E-state index in [2.05, 4.69) is 20.5 Å². The van der Waals surface area contributed by atoms with Crippen LogP contribution in [0.2, 0.25) is 0 Å². The number of H-pyrrole nitrogens is 1. The maximum atomic E-state index is 13.8. The predicted molar refractivity (Wildman–Crippen MR) is 120 cm³/mol. The number of aromatic amines is 1. The van der Waals surface area contributed by atoms with E-state index in [1.165, 1.54) is 6.07 Å². The Morgan fingerprint density at radius 1 is 1.22 bits per heavy atom. The van der Waals surface area contributed by atoms with Crippen molar-refractivity contribution in [3.63, 3.8) is 0 Å². The summed E-state index contributed by atoms with van der Waals surface area (Å²) in [6.07, 6.45) is 1.78. The fraction of sp³-hybridized carbons (Fsp3) is 0.261. The van der Waals surface area contributed by atoms with Crippen LogP contribution in [-0.4, -0.2) is 34.5 Å². The summed E-state index contributed by atoms with van der Waals surface area (Å²) in [7, 11) is 0. The van der Waals surface area contributed by atoms with Crippen LogP contribution in [0.1, 0.15) is 29.3 Å². The first kappa shape index (κ1) is 23.0. The Morgan fingerprint density at radius 2 is 2.03 bits per heavy atom. The second-order valence-corrected chi connectivity index (χ2v) is 6.84. The van der Waals surface area contributed by atoms with Crippen molar-refractivity contribution in [2.75, 3.05) is 18.6 Å². The van der Waals surface area contributed by atoms with Gasteiger partial charge in [0.25, 0.3) is 5.56 Å². The Hall–Kier alpha value is -3.72. The van der Waals surface area contributed by atoms with Gasteiger partial charge >= 0.3 is 0 Å². The van der Waals surface area contributed by atoms with E-state index in [1.54, 1.807) is 49.5 Å². The van der Waals surface area contributed by atoms with E-state index < -0.39 is 0 Å². The van der Waals surface area contributed by atoms with Gasteiger partial charge in [-0.15, -0.1) is 0 Å². The number of halogens is 1. The molecule has 8 nitrogen and oxygen atoms in total. The van der Waals surface area contributed by atoms with Crippen molar-refractivity contribution in [2.45, 2.75) is 26.9 Å². The van der Waals surface area contributed by atoms with Crippen molar-refractivity contribution in [3.05, 3.63) is 81.0 Å². The summed E-state index contributed by atoms with van der Waals surface area (Å²) in [4.78, 5) is 18.9. The molecular formula is C23H25FN4O4. The molecule has 0 aliphatic carbocycles. The van der Waals surface area contributed by atoms with Crippen LogP contribution in [0.15, 0.2) is 52.4 Å². The highest BCUT2D eigenvalue weighted by atomic mass is 19.1. The minimum atomic E-state index is -0.327. The smallest absolute Gasteiger partial charge is 0.255 e. The lowest BCUT2D eigenvalue weighted by molar-refractivity contribution is 0.266. The third-order valence-electron chi connectivity index (χ3n) is 4.58. The van der Waals surface area contributed by atoms with E-state index in [4.69, 9.17) is 14.6 Å². The molecule has 3 aromatic rings. The molecule has 0 radical (unpaired) electrons. The molecule has 0 aliphatic heterocycles. The SMILES string of the molecule is CCOc1cc(/C=N\Nc2nc(C)c(CCO)c(=O)[nH]2)ccc1OCc1ccccc1F. The number of hydrogen-bond donors (Lipinski definition) is 3. The quantitative estimate of drug-likeness (QED) is 0.330. The van der Waals surface area contributed by atoms with Gasteiger partial charge in [0, 0.05) is 24.2 Å². The topological polar surface area (TPSA) is 109 Å². The molecule has 1 heterocycles. The third-order valence-corrected chi connectivity index (χ3v) is 4.58. The average Bonchev–Trinajstić information content (AvgIpc) is 2.77. The maximum absolute atomic E-state index is 13.8. The normalized spacial score (nSPS) is 11.0. The van der Waals surface area contributed by atoms with Crippen molar-refractivity contribution in [3.8, 4) is 11.5 Å². The molecular weight excluding hydrogens is 415 g/mol. The summed E-state index contributed by atoms with van der Waals surface area (Å²) in [5.41, 5.74) is 4.50. The van der Waals surface area contributed by atoms with Crippen LogP contribution in [0.5, 0.6) is 11.5 Å². The number of aliphatic hydroxyl groups is 1. The number of nitrogens with zero attached hydrogens (tertiary/aromatic N) is 2. The standard InChI is InChI=1S/C23H25FN4O4/c1-3-31-21-12-16(8-9-20(21)32-14-17-6-4-5-7-19(17)24)13-25-28-23-26-15(2)18(10-11-29)22(30)27-23/h4-9,12-13,29H,3,10-11,14H2,1-2H3,(H2,26,27,28,30)/b25-13-. The molecule has 2 aromatic carbocycles. The second kappa shape index (κ2) is 11.1. The molecule has 3 N–H and O–H groups in total. The first-order chi connectivity index (χ1) is 15.5. The number of nitrogens with one attached hydrogen (secondary N) is 2. The van der Waals surface area contributed by atoms with Gasteiger partial charge < -0.3 is 14.6 Å². The van der Waals surface area contributed by atoms with E-state index in [0.717, 1.165) is 5.56 Å². The molecule has 0 spiro atoms. The zero-order chi connectivity index (χ0) is 22.9. The second-order valence-electron chi connectivity index (χ2n) is 6.84. The van der Waals surface area contributed by atoms with Crippen LogP contribution >= 0.6 is 0 Å². The zero-order valence-corrected chi connectivity index (χ0v) is 17.9. The van der Waals surface area contributed by atoms with Crippen LogP contribution < -0.4 is 20.5 Å². The van der Waals surface area contributed by atoms with Gasteiger partial charge in [-0.1, -0.05) is 18.2 Å². The Labute approximate surface area is 184 Å². The van der Waals surface area contributed by atoms with Crippen LogP contribution in [0.25, 0.3) is 0 Å². The number of aryl methyl sites for hydroxylation is 1. The van der Waals surface area contributed by atoms with Gasteiger partial charge in [0.2, 0.25) is 5.95 Å². The highest BCUT2D eigenvalue weighted by molar-refractivity contribution is 5.81. The molecule has 32 heavy (non-hydrogen) atoms. The molecule has 168 valence electrons. The van der Waals surface area contributed by atoms with E-state index in [9.17, 15) is 9.18 Å². The minimum absolute atomic E-state index is 0.0758. The fourth-order valence-corrected chi connectivity index (χ4v) is 3.00. The van der Waals surface area contributed by atoms with Crippen molar-refractivity contribution < 1.29 is 19.0 Å². The van der Waals surface area contributed by atoms with Crippen molar-refractivity contribution >= 4 is 12.2 Å². The van der Waals surface area contributed by atoms with Crippen LogP contribution in [0, 0.1) is 12.7 Å². The molecule has 0 aliphatic rings. The first-order valence-corrected chi connectivity index (χ1v) is 10.1. The molecule has 3 rings (SSSR count). The van der Waals surface area contributed by atoms with Crippen LogP contribution in [-0.2, 0) is 13.0 Å². The summed E-state index contributed by atoms with van der Waals surface area (Å²) >= 11 is 0. The third kappa shape index (κ3) is 5.92. The van der Waals surface area contributed by atoms with Gasteiger partial charge in [0.15, 0.2) is 11.5 Å². The minimum Gasteiger partial charge on any atom is -0.490 e. The molecule has 0 saturated carbocycles. The highest BCUT2D eigenvalue weighted by Gasteiger charge is 2.09. The van der Waals surface area contributed by atoms with Crippen LogP contribution in [0.4, 0.5) is 10.3 Å². The molecule has 1 aromatic heterocycles. The Kier molecular flexibility index (Phi) is 7.93. The Bertz CT molecular complexity index is 1150. The fourth-order valence-electron chi connectivity index (χ4n) is 3.00. The average molecular weight is 440 g/mol. The van der Waals surface area contributed by atoms with Crippen LogP contribution in [0.3, 0.4) is 0 Å². The highest BCUT2D eigenvalue weighted by Crippen LogP contribution is 2.29. The van der Waals surface area contributed by atoms with Crippen molar-refractivity contribution in [1.29, 1.82) is 0 Å². The summed E-state index contributed by atoms with van der Waals surface area (Å²) in [5, 5.41) is 13.1. The molecule has 0 saturated heterocycles. The van der Waals surface area contributed by atoms with Gasteiger partial charge in [-0.05, 0) is 43.7 Å². The Balaban J connectivity index is 1.70. The number of anilines is 1. The van der Waals surface area contributed by atoms with Gasteiger partial charge in [-0.3, -0.25) is 9.78 Å². The number of aromatic nitrogens is 2. The number of hydrazone groups is 1. The number of aliphatic hydroxyl groups excluding tert-OH is 1. The summed E-state index contributed by atoms with van der Waals surface area (Å²) in [6.45, 7) is 3.93. The van der Waals surface area contributed by atoms with E-state index >= 15 is 0 Å². The van der Waals surface area contributed by atoms with E-state index in [1.807, 2.05) is 6.92 Å². The van der Waals surface area contributed by atoms with E-state index in [0.29, 0.717) is 34.9 Å². The lowest BCUT2D eigenvalue weighted by Crippen LogP contribution is -2.19. The number of hydrogen-bond acceptors (Lipinski definition) is 7. The van der Waals surface area contributed by atoms with Gasteiger partial charge in [-0.2, -0.15) is 5.10 Å². The molecule has 0 unspecified atom stereocenters. The lowest BCUT2D eigenvalue weighted by Gasteiger charge is -2.13. The largest absolute Gasteiger partial charge is 0.490 e. The molecule has 0 atom stereocenters. The maximum Gasteiger partial charge on any atom is 0.255 e.